The molecule has 0 fully saturated rings. The van der Waals surface area contributed by atoms with Gasteiger partial charge in [-0.05, 0) is 37.8 Å². The summed E-state index contributed by atoms with van der Waals surface area (Å²) in [5.41, 5.74) is 0.594. The minimum atomic E-state index is -1.35. The van der Waals surface area contributed by atoms with E-state index >= 15 is 0 Å². The topological polar surface area (TPSA) is 97.1 Å². The fourth-order valence-corrected chi connectivity index (χ4v) is 2.48. The summed E-state index contributed by atoms with van der Waals surface area (Å²) in [6, 6.07) is 7.80. The Hall–Kier alpha value is -2.70. The Kier molecular flexibility index (Phi) is 5.25. The number of nitrogens with one attached hydrogen (secondary N) is 1. The predicted octanol–water partition coefficient (Wildman–Crippen LogP) is 2.68. The SMILES string of the molecule is CCC(C)(NC(=O)c1nc(C)n(-c2ccccc2C(C)C)n1)C(=O)O. The van der Waals surface area contributed by atoms with Crippen molar-refractivity contribution in [2.24, 2.45) is 0 Å². The first kappa shape index (κ1) is 18.6. The van der Waals surface area contributed by atoms with Gasteiger partial charge in [-0.25, -0.2) is 14.5 Å². The van der Waals surface area contributed by atoms with Gasteiger partial charge in [0, 0.05) is 0 Å². The van der Waals surface area contributed by atoms with Crippen molar-refractivity contribution in [3.8, 4) is 5.69 Å². The van der Waals surface area contributed by atoms with Crippen LogP contribution >= 0.6 is 0 Å². The molecule has 134 valence electrons. The highest BCUT2D eigenvalue weighted by Gasteiger charge is 2.34. The number of carbonyl (C=O) groups is 2. The lowest BCUT2D eigenvalue weighted by Gasteiger charge is -2.23. The van der Waals surface area contributed by atoms with Crippen molar-refractivity contribution in [3.05, 3.63) is 41.5 Å². The number of amides is 1. The molecule has 2 aromatic rings. The molecule has 1 atom stereocenters. The number of hydrogen-bond donors (Lipinski definition) is 2. The molecule has 1 aromatic carbocycles. The number of carbonyl (C=O) groups excluding carboxylic acids is 1. The Bertz CT molecular complexity index is 797. The smallest absolute Gasteiger partial charge is 0.329 e. The molecule has 1 heterocycles. The van der Waals surface area contributed by atoms with E-state index < -0.39 is 17.4 Å². The van der Waals surface area contributed by atoms with Crippen LogP contribution in [-0.4, -0.2) is 37.3 Å². The highest BCUT2D eigenvalue weighted by atomic mass is 16.4. The van der Waals surface area contributed by atoms with Crippen LogP contribution in [0, 0.1) is 6.92 Å². The van der Waals surface area contributed by atoms with Crippen LogP contribution in [0.2, 0.25) is 0 Å². The van der Waals surface area contributed by atoms with Crippen LogP contribution in [0.4, 0.5) is 0 Å². The van der Waals surface area contributed by atoms with E-state index in [9.17, 15) is 14.7 Å². The monoisotopic (exact) mass is 344 g/mol. The van der Waals surface area contributed by atoms with Gasteiger partial charge in [-0.1, -0.05) is 39.0 Å². The maximum Gasteiger partial charge on any atom is 0.329 e. The third kappa shape index (κ3) is 3.70. The number of aryl methyl sites for hydroxylation is 1. The summed E-state index contributed by atoms with van der Waals surface area (Å²) >= 11 is 0. The lowest BCUT2D eigenvalue weighted by Crippen LogP contribution is -2.52. The van der Waals surface area contributed by atoms with Gasteiger partial charge >= 0.3 is 5.97 Å². The largest absolute Gasteiger partial charge is 0.480 e. The van der Waals surface area contributed by atoms with Crippen LogP contribution in [0.25, 0.3) is 5.69 Å². The number of nitrogens with zero attached hydrogens (tertiary/aromatic N) is 3. The minimum Gasteiger partial charge on any atom is -0.480 e. The summed E-state index contributed by atoms with van der Waals surface area (Å²) in [4.78, 5) is 28.0. The first-order valence-corrected chi connectivity index (χ1v) is 8.28. The number of para-hydroxylation sites is 1. The third-order valence-corrected chi connectivity index (χ3v) is 4.33. The average molecular weight is 344 g/mol. The molecular formula is C18H24N4O3. The molecule has 0 saturated carbocycles. The first-order chi connectivity index (χ1) is 11.7. The van der Waals surface area contributed by atoms with Crippen LogP contribution in [-0.2, 0) is 4.79 Å². The lowest BCUT2D eigenvalue weighted by atomic mass is 9.99. The zero-order chi connectivity index (χ0) is 18.8. The third-order valence-electron chi connectivity index (χ3n) is 4.33. The molecule has 2 rings (SSSR count). The van der Waals surface area contributed by atoms with Gasteiger partial charge < -0.3 is 10.4 Å². The van der Waals surface area contributed by atoms with E-state index in [1.165, 1.54) is 6.92 Å². The molecule has 0 aliphatic heterocycles. The number of aromatic nitrogens is 3. The summed E-state index contributed by atoms with van der Waals surface area (Å²) in [7, 11) is 0. The minimum absolute atomic E-state index is 0.0445. The zero-order valence-electron chi connectivity index (χ0n) is 15.2. The molecule has 25 heavy (non-hydrogen) atoms. The Morgan fingerprint density at radius 3 is 2.52 bits per heavy atom. The zero-order valence-corrected chi connectivity index (χ0v) is 15.2. The molecule has 0 aliphatic rings. The van der Waals surface area contributed by atoms with Gasteiger partial charge in [-0.3, -0.25) is 4.79 Å². The number of aliphatic carboxylic acids is 1. The molecule has 1 amide bonds. The Morgan fingerprint density at radius 2 is 1.96 bits per heavy atom. The van der Waals surface area contributed by atoms with E-state index in [1.54, 1.807) is 18.5 Å². The van der Waals surface area contributed by atoms with E-state index in [2.05, 4.69) is 29.2 Å². The van der Waals surface area contributed by atoms with E-state index in [4.69, 9.17) is 0 Å². The Morgan fingerprint density at radius 1 is 1.32 bits per heavy atom. The van der Waals surface area contributed by atoms with E-state index in [0.29, 0.717) is 5.82 Å². The summed E-state index contributed by atoms with van der Waals surface area (Å²) < 4.78 is 1.62. The maximum absolute atomic E-state index is 12.4. The van der Waals surface area contributed by atoms with Gasteiger partial charge in [0.25, 0.3) is 5.91 Å². The molecule has 1 aromatic heterocycles. The van der Waals surface area contributed by atoms with Crippen LogP contribution in [0.5, 0.6) is 0 Å². The Balaban J connectivity index is 2.38. The van der Waals surface area contributed by atoms with Gasteiger partial charge in [0.2, 0.25) is 5.82 Å². The second-order valence-electron chi connectivity index (χ2n) is 6.55. The summed E-state index contributed by atoms with van der Waals surface area (Å²) in [5.74, 6) is -0.892. The van der Waals surface area contributed by atoms with Crippen LogP contribution < -0.4 is 5.32 Å². The van der Waals surface area contributed by atoms with Gasteiger partial charge in [-0.15, -0.1) is 5.10 Å². The highest BCUT2D eigenvalue weighted by molar-refractivity contribution is 5.94. The van der Waals surface area contributed by atoms with Gasteiger partial charge in [0.15, 0.2) is 0 Å². The van der Waals surface area contributed by atoms with Crippen LogP contribution in [0.3, 0.4) is 0 Å². The predicted molar refractivity (Wildman–Crippen MR) is 94.0 cm³/mol. The summed E-state index contributed by atoms with van der Waals surface area (Å²) in [6.07, 6.45) is 0.254. The van der Waals surface area contributed by atoms with E-state index in [-0.39, 0.29) is 18.2 Å². The quantitative estimate of drug-likeness (QED) is 0.840. The second kappa shape index (κ2) is 7.04. The number of carboxylic acids is 1. The van der Waals surface area contributed by atoms with E-state index in [0.717, 1.165) is 11.3 Å². The molecule has 0 bridgehead atoms. The summed E-state index contributed by atoms with van der Waals surface area (Å²) in [5, 5.41) is 16.1. The molecule has 1 unspecified atom stereocenters. The molecule has 0 spiro atoms. The first-order valence-electron chi connectivity index (χ1n) is 8.28. The highest BCUT2D eigenvalue weighted by Crippen LogP contribution is 2.23. The average Bonchev–Trinajstić information content (AvgIpc) is 2.96. The van der Waals surface area contributed by atoms with Gasteiger partial charge in [0.1, 0.15) is 11.4 Å². The number of hydrogen-bond acceptors (Lipinski definition) is 4. The van der Waals surface area contributed by atoms with Crippen LogP contribution in [0.1, 0.15) is 62.0 Å². The van der Waals surface area contributed by atoms with Crippen molar-refractivity contribution in [2.45, 2.75) is 52.5 Å². The summed E-state index contributed by atoms with van der Waals surface area (Å²) in [6.45, 7) is 9.09. The number of benzene rings is 1. The van der Waals surface area contributed by atoms with Gasteiger partial charge in [-0.2, -0.15) is 0 Å². The molecule has 7 nitrogen and oxygen atoms in total. The Labute approximate surface area is 147 Å². The van der Waals surface area contributed by atoms with Crippen molar-refractivity contribution < 1.29 is 14.7 Å². The van der Waals surface area contributed by atoms with E-state index in [1.807, 2.05) is 24.3 Å². The van der Waals surface area contributed by atoms with Crippen molar-refractivity contribution in [1.82, 2.24) is 20.1 Å². The van der Waals surface area contributed by atoms with Crippen molar-refractivity contribution in [2.75, 3.05) is 0 Å². The molecule has 0 radical (unpaired) electrons. The van der Waals surface area contributed by atoms with Crippen molar-refractivity contribution in [1.29, 1.82) is 0 Å². The normalized spacial score (nSPS) is 13.5. The van der Waals surface area contributed by atoms with Gasteiger partial charge in [0.05, 0.1) is 5.69 Å². The van der Waals surface area contributed by atoms with Crippen molar-refractivity contribution in [3.63, 3.8) is 0 Å². The number of rotatable bonds is 6. The fourth-order valence-electron chi connectivity index (χ4n) is 2.48. The van der Waals surface area contributed by atoms with Crippen molar-refractivity contribution >= 4 is 11.9 Å². The molecule has 7 heteroatoms. The van der Waals surface area contributed by atoms with Crippen LogP contribution in [0.15, 0.2) is 24.3 Å². The molecule has 0 saturated heterocycles. The fraction of sp³-hybridized carbons (Fsp3) is 0.444. The maximum atomic E-state index is 12.4. The molecule has 0 aliphatic carbocycles. The number of carboxylic acid groups (broad SMARTS) is 1. The standard InChI is InChI=1S/C18H24N4O3/c1-6-18(5,17(24)25)20-16(23)15-19-12(4)22(21-15)14-10-8-7-9-13(14)11(2)3/h7-11H,6H2,1-5H3,(H,20,23)(H,24,25). The second-order valence-corrected chi connectivity index (χ2v) is 6.55. The lowest BCUT2D eigenvalue weighted by molar-refractivity contribution is -0.143. The molecular weight excluding hydrogens is 320 g/mol. The molecule has 2 N–H and O–H groups in total.